The van der Waals surface area contributed by atoms with E-state index in [0.29, 0.717) is 24.4 Å². The Morgan fingerprint density at radius 1 is 1.30 bits per heavy atom. The van der Waals surface area contributed by atoms with E-state index in [-0.39, 0.29) is 30.2 Å². The minimum atomic E-state index is -0.350. The molecule has 2 N–H and O–H groups in total. The monoisotopic (exact) mass is 389 g/mol. The van der Waals surface area contributed by atoms with Crippen molar-refractivity contribution in [1.29, 1.82) is 0 Å². The Morgan fingerprint density at radius 2 is 2.11 bits per heavy atom. The van der Waals surface area contributed by atoms with Crippen LogP contribution < -0.4 is 10.9 Å². The van der Waals surface area contributed by atoms with Gasteiger partial charge < -0.3 is 4.90 Å². The molecule has 8 nitrogen and oxygen atoms in total. The van der Waals surface area contributed by atoms with Crippen LogP contribution >= 0.6 is 11.3 Å². The van der Waals surface area contributed by atoms with Crippen LogP contribution in [-0.2, 0) is 16.1 Å². The second-order valence-corrected chi connectivity index (χ2v) is 7.64. The Balaban J connectivity index is 1.49. The quantitative estimate of drug-likeness (QED) is 0.770. The topological polar surface area (TPSA) is 96.3 Å². The van der Waals surface area contributed by atoms with Gasteiger partial charge in [-0.25, -0.2) is 0 Å². The van der Waals surface area contributed by atoms with E-state index in [1.165, 1.54) is 11.3 Å². The first-order chi connectivity index (χ1) is 12.9. The van der Waals surface area contributed by atoms with E-state index in [1.807, 2.05) is 31.4 Å². The minimum Gasteiger partial charge on any atom is -0.337 e. The van der Waals surface area contributed by atoms with Crippen LogP contribution in [-0.4, -0.2) is 45.5 Å². The number of carbonyl (C=O) groups is 3. The molecule has 1 fully saturated rings. The summed E-state index contributed by atoms with van der Waals surface area (Å²) in [6.07, 6.45) is 1.45. The molecule has 144 valence electrons. The van der Waals surface area contributed by atoms with Gasteiger partial charge in [0.25, 0.3) is 11.8 Å². The Hall–Kier alpha value is -2.68. The summed E-state index contributed by atoms with van der Waals surface area (Å²) < 4.78 is 1.58. The van der Waals surface area contributed by atoms with Crippen LogP contribution in [0.3, 0.4) is 0 Å². The van der Waals surface area contributed by atoms with Crippen molar-refractivity contribution in [3.63, 3.8) is 0 Å². The highest BCUT2D eigenvalue weighted by molar-refractivity contribution is 7.12. The Kier molecular flexibility index (Phi) is 5.90. The number of likely N-dealkylation sites (tertiary alicyclic amines) is 1. The lowest BCUT2D eigenvalue weighted by Gasteiger charge is -2.31. The SMILES string of the molecule is Cc1cc(C)n(CC(=O)NNC(=O)C2CCCN(C(=O)c3cccs3)C2)n1. The number of aryl methyl sites for hydroxylation is 2. The van der Waals surface area contributed by atoms with E-state index in [9.17, 15) is 14.4 Å². The van der Waals surface area contributed by atoms with Gasteiger partial charge in [0.05, 0.1) is 16.5 Å². The number of hydrazine groups is 1. The number of thiophene rings is 1. The summed E-state index contributed by atoms with van der Waals surface area (Å²) in [6, 6.07) is 5.51. The van der Waals surface area contributed by atoms with Crippen LogP contribution in [0.15, 0.2) is 23.6 Å². The lowest BCUT2D eigenvalue weighted by molar-refractivity contribution is -0.132. The molecule has 27 heavy (non-hydrogen) atoms. The number of hydrogen-bond acceptors (Lipinski definition) is 5. The smallest absolute Gasteiger partial charge is 0.263 e. The number of nitrogens with one attached hydrogen (secondary N) is 2. The van der Waals surface area contributed by atoms with Gasteiger partial charge in [-0.05, 0) is 44.2 Å². The molecule has 9 heteroatoms. The van der Waals surface area contributed by atoms with Crippen molar-refractivity contribution in [2.45, 2.75) is 33.2 Å². The van der Waals surface area contributed by atoms with Gasteiger partial charge in [-0.2, -0.15) is 5.10 Å². The molecular formula is C18H23N5O3S. The van der Waals surface area contributed by atoms with Crippen LogP contribution in [0.1, 0.15) is 33.9 Å². The van der Waals surface area contributed by atoms with Gasteiger partial charge >= 0.3 is 0 Å². The van der Waals surface area contributed by atoms with Crippen LogP contribution in [0, 0.1) is 19.8 Å². The van der Waals surface area contributed by atoms with Gasteiger partial charge in [-0.3, -0.25) is 29.9 Å². The third-order valence-electron chi connectivity index (χ3n) is 4.53. The van der Waals surface area contributed by atoms with Crippen LogP contribution in [0.25, 0.3) is 0 Å². The molecule has 1 unspecified atom stereocenters. The van der Waals surface area contributed by atoms with Crippen molar-refractivity contribution in [3.05, 3.63) is 39.8 Å². The number of piperidine rings is 1. The summed E-state index contributed by atoms with van der Waals surface area (Å²) in [5.41, 5.74) is 6.63. The zero-order valence-electron chi connectivity index (χ0n) is 15.4. The van der Waals surface area contributed by atoms with Crippen molar-refractivity contribution in [3.8, 4) is 0 Å². The van der Waals surface area contributed by atoms with E-state index in [0.717, 1.165) is 17.8 Å². The number of hydrogen-bond donors (Lipinski definition) is 2. The average Bonchev–Trinajstić information content (AvgIpc) is 3.29. The highest BCUT2D eigenvalue weighted by Gasteiger charge is 2.29. The number of carbonyl (C=O) groups excluding carboxylic acids is 3. The van der Waals surface area contributed by atoms with E-state index >= 15 is 0 Å². The van der Waals surface area contributed by atoms with Crippen LogP contribution in [0.2, 0.25) is 0 Å². The summed E-state index contributed by atoms with van der Waals surface area (Å²) >= 11 is 1.40. The molecule has 3 heterocycles. The first-order valence-electron chi connectivity index (χ1n) is 8.86. The molecule has 3 rings (SSSR count). The van der Waals surface area contributed by atoms with E-state index in [1.54, 1.807) is 15.6 Å². The maximum Gasteiger partial charge on any atom is 0.263 e. The van der Waals surface area contributed by atoms with E-state index in [2.05, 4.69) is 16.0 Å². The molecule has 1 aliphatic rings. The van der Waals surface area contributed by atoms with Gasteiger partial charge in [0.15, 0.2) is 0 Å². The standard InChI is InChI=1S/C18H23N5O3S/c1-12-9-13(2)23(21-12)11-16(24)19-20-17(25)14-5-3-7-22(10-14)18(26)15-6-4-8-27-15/h4,6,8-9,14H,3,5,7,10-11H2,1-2H3,(H,19,24)(H,20,25). The maximum atomic E-state index is 12.5. The summed E-state index contributed by atoms with van der Waals surface area (Å²) in [6.45, 7) is 4.76. The van der Waals surface area contributed by atoms with Crippen molar-refractivity contribution in [1.82, 2.24) is 25.5 Å². The third-order valence-corrected chi connectivity index (χ3v) is 5.39. The fraction of sp³-hybridized carbons (Fsp3) is 0.444. The highest BCUT2D eigenvalue weighted by Crippen LogP contribution is 2.20. The summed E-state index contributed by atoms with van der Waals surface area (Å²) in [7, 11) is 0. The Labute approximate surface area is 161 Å². The molecule has 1 aliphatic heterocycles. The van der Waals surface area contributed by atoms with E-state index < -0.39 is 0 Å². The molecule has 0 aliphatic carbocycles. The normalized spacial score (nSPS) is 16.8. The van der Waals surface area contributed by atoms with Crippen LogP contribution in [0.5, 0.6) is 0 Å². The second kappa shape index (κ2) is 8.34. The van der Waals surface area contributed by atoms with Gasteiger partial charge in [0.1, 0.15) is 6.54 Å². The second-order valence-electron chi connectivity index (χ2n) is 6.69. The predicted octanol–water partition coefficient (Wildman–Crippen LogP) is 1.26. The molecular weight excluding hydrogens is 366 g/mol. The molecule has 1 saturated heterocycles. The predicted molar refractivity (Wildman–Crippen MR) is 101 cm³/mol. The number of amides is 3. The van der Waals surface area contributed by atoms with Crippen molar-refractivity contribution >= 4 is 29.1 Å². The summed E-state index contributed by atoms with van der Waals surface area (Å²) in [5, 5.41) is 6.08. The van der Waals surface area contributed by atoms with Crippen molar-refractivity contribution in [2.75, 3.05) is 13.1 Å². The maximum absolute atomic E-state index is 12.5. The molecule has 0 bridgehead atoms. The molecule has 0 spiro atoms. The van der Waals surface area contributed by atoms with Gasteiger partial charge in [0.2, 0.25) is 5.91 Å². The molecule has 1 atom stereocenters. The lowest BCUT2D eigenvalue weighted by Crippen LogP contribution is -2.50. The molecule has 2 aromatic heterocycles. The lowest BCUT2D eigenvalue weighted by atomic mass is 9.97. The molecule has 0 saturated carbocycles. The third kappa shape index (κ3) is 4.73. The van der Waals surface area contributed by atoms with Gasteiger partial charge in [-0.15, -0.1) is 11.3 Å². The zero-order valence-corrected chi connectivity index (χ0v) is 16.2. The highest BCUT2D eigenvalue weighted by atomic mass is 32.1. The van der Waals surface area contributed by atoms with Crippen molar-refractivity contribution in [2.24, 2.45) is 5.92 Å². The number of aromatic nitrogens is 2. The number of nitrogens with zero attached hydrogens (tertiary/aromatic N) is 3. The Bertz CT molecular complexity index is 830. The molecule has 0 aromatic carbocycles. The molecule has 0 radical (unpaired) electrons. The van der Waals surface area contributed by atoms with Gasteiger partial charge in [0, 0.05) is 18.8 Å². The summed E-state index contributed by atoms with van der Waals surface area (Å²) in [4.78, 5) is 39.3. The van der Waals surface area contributed by atoms with Gasteiger partial charge in [-0.1, -0.05) is 6.07 Å². The largest absolute Gasteiger partial charge is 0.337 e. The van der Waals surface area contributed by atoms with Crippen LogP contribution in [0.4, 0.5) is 0 Å². The fourth-order valence-corrected chi connectivity index (χ4v) is 3.87. The van der Waals surface area contributed by atoms with E-state index in [4.69, 9.17) is 0 Å². The summed E-state index contributed by atoms with van der Waals surface area (Å²) in [5.74, 6) is -1.01. The van der Waals surface area contributed by atoms with Crippen molar-refractivity contribution < 1.29 is 14.4 Å². The fourth-order valence-electron chi connectivity index (χ4n) is 3.18. The first-order valence-corrected chi connectivity index (χ1v) is 9.74. The molecule has 3 amide bonds. The Morgan fingerprint density at radius 3 is 2.78 bits per heavy atom. The number of rotatable bonds is 4. The zero-order chi connectivity index (χ0) is 19.4. The first kappa shape index (κ1) is 19.1. The molecule has 2 aromatic rings. The minimum absolute atomic E-state index is 0.0353. The average molecular weight is 389 g/mol.